The Balaban J connectivity index is 1.80. The fourth-order valence-electron chi connectivity index (χ4n) is 2.17. The molecule has 2 N–H and O–H groups in total. The van der Waals surface area contributed by atoms with Crippen LogP contribution in [0.5, 0.6) is 5.75 Å². The molecule has 0 radical (unpaired) electrons. The fraction of sp³-hybridized carbons (Fsp3) is 0.308. The van der Waals surface area contributed by atoms with E-state index in [-0.39, 0.29) is 5.82 Å². The lowest BCUT2D eigenvalue weighted by Crippen LogP contribution is -2.25. The smallest absolute Gasteiger partial charge is 0.180 e. The Kier molecular flexibility index (Phi) is 3.35. The van der Waals surface area contributed by atoms with Crippen LogP contribution in [0, 0.1) is 5.82 Å². The summed E-state index contributed by atoms with van der Waals surface area (Å²) in [6.07, 6.45) is 1.77. The van der Waals surface area contributed by atoms with Crippen LogP contribution in [-0.4, -0.2) is 23.0 Å². The Morgan fingerprint density at radius 2 is 2.37 bits per heavy atom. The number of benzene rings is 1. The molecule has 0 aliphatic carbocycles. The molecule has 2 heterocycles. The Morgan fingerprint density at radius 1 is 1.47 bits per heavy atom. The molecule has 0 bridgehead atoms. The first kappa shape index (κ1) is 12.4. The molecular weight excluding hydrogens is 265 g/mol. The van der Waals surface area contributed by atoms with Crippen LogP contribution in [0.3, 0.4) is 0 Å². The summed E-state index contributed by atoms with van der Waals surface area (Å²) in [4.78, 5) is 7.25. The van der Waals surface area contributed by atoms with E-state index < -0.39 is 0 Å². The fourth-order valence-corrected chi connectivity index (χ4v) is 2.89. The number of ether oxygens (including phenoxy) is 1. The van der Waals surface area contributed by atoms with Crippen molar-refractivity contribution in [3.8, 4) is 5.75 Å². The van der Waals surface area contributed by atoms with Crippen LogP contribution in [0.2, 0.25) is 0 Å². The lowest BCUT2D eigenvalue weighted by atomic mass is 10.2. The summed E-state index contributed by atoms with van der Waals surface area (Å²) >= 11 is 1.46. The number of hydrogen-bond acceptors (Lipinski definition) is 5. The number of anilines is 1. The summed E-state index contributed by atoms with van der Waals surface area (Å²) in [6, 6.07) is 4.96. The van der Waals surface area contributed by atoms with Crippen molar-refractivity contribution in [3.05, 3.63) is 40.7 Å². The van der Waals surface area contributed by atoms with Crippen molar-refractivity contribution in [1.82, 2.24) is 9.88 Å². The van der Waals surface area contributed by atoms with E-state index in [9.17, 15) is 4.39 Å². The molecule has 0 atom stereocenters. The zero-order chi connectivity index (χ0) is 13.2. The summed E-state index contributed by atoms with van der Waals surface area (Å²) in [5.74, 6) is 0.430. The monoisotopic (exact) mass is 279 g/mol. The lowest BCUT2D eigenvalue weighted by molar-refractivity contribution is 0.220. The Labute approximate surface area is 114 Å². The number of nitrogens with two attached hydrogens (primary N) is 1. The first-order valence-corrected chi connectivity index (χ1v) is 6.87. The lowest BCUT2D eigenvalue weighted by Gasteiger charge is -2.18. The second-order valence-electron chi connectivity index (χ2n) is 4.44. The second-order valence-corrected chi connectivity index (χ2v) is 5.59. The molecule has 1 aromatic heterocycles. The summed E-state index contributed by atoms with van der Waals surface area (Å²) in [7, 11) is 0. The third-order valence-electron chi connectivity index (χ3n) is 3.07. The van der Waals surface area contributed by atoms with Gasteiger partial charge in [0.1, 0.15) is 18.2 Å². The van der Waals surface area contributed by atoms with Crippen LogP contribution in [-0.2, 0) is 13.1 Å². The molecule has 2 aromatic rings. The zero-order valence-electron chi connectivity index (χ0n) is 10.3. The van der Waals surface area contributed by atoms with Crippen LogP contribution in [0.4, 0.5) is 9.52 Å². The van der Waals surface area contributed by atoms with Gasteiger partial charge in [-0.3, -0.25) is 4.90 Å². The maximum absolute atomic E-state index is 13.8. The van der Waals surface area contributed by atoms with Gasteiger partial charge in [-0.2, -0.15) is 0 Å². The van der Waals surface area contributed by atoms with Gasteiger partial charge in [-0.1, -0.05) is 6.07 Å². The highest BCUT2D eigenvalue weighted by atomic mass is 32.1. The van der Waals surface area contributed by atoms with Gasteiger partial charge in [0.2, 0.25) is 0 Å². The minimum absolute atomic E-state index is 0.215. The molecule has 4 nitrogen and oxygen atoms in total. The maximum atomic E-state index is 13.8. The normalized spacial score (nSPS) is 15.6. The van der Waals surface area contributed by atoms with Gasteiger partial charge in [-0.25, -0.2) is 9.37 Å². The second kappa shape index (κ2) is 5.14. The van der Waals surface area contributed by atoms with Crippen molar-refractivity contribution in [2.24, 2.45) is 0 Å². The highest BCUT2D eigenvalue weighted by molar-refractivity contribution is 7.15. The average Bonchev–Trinajstić information content (AvgIpc) is 2.67. The predicted octanol–water partition coefficient (Wildman–Crippen LogP) is 2.26. The van der Waals surface area contributed by atoms with Crippen molar-refractivity contribution in [2.75, 3.05) is 18.9 Å². The molecule has 1 aliphatic rings. The molecule has 19 heavy (non-hydrogen) atoms. The molecule has 1 aliphatic heterocycles. The Bertz CT molecular complexity index is 587. The maximum Gasteiger partial charge on any atom is 0.180 e. The molecule has 100 valence electrons. The molecule has 0 amide bonds. The van der Waals surface area contributed by atoms with Crippen LogP contribution >= 0.6 is 11.3 Å². The number of rotatable bonds is 2. The van der Waals surface area contributed by atoms with Crippen molar-refractivity contribution in [3.63, 3.8) is 0 Å². The van der Waals surface area contributed by atoms with Crippen molar-refractivity contribution >= 4 is 16.5 Å². The number of halogens is 1. The van der Waals surface area contributed by atoms with Crippen LogP contribution in [0.25, 0.3) is 0 Å². The summed E-state index contributed by atoms with van der Waals surface area (Å²) in [6.45, 7) is 2.57. The first-order valence-electron chi connectivity index (χ1n) is 6.05. The molecule has 0 unspecified atom stereocenters. The topological polar surface area (TPSA) is 51.4 Å². The largest absolute Gasteiger partial charge is 0.492 e. The molecular formula is C13H14FN3OS. The van der Waals surface area contributed by atoms with Gasteiger partial charge in [0.05, 0.1) is 0 Å². The number of thiazole rings is 1. The minimum atomic E-state index is -0.215. The molecule has 3 rings (SSSR count). The number of fused-ring (bicyclic) bond motifs is 1. The summed E-state index contributed by atoms with van der Waals surface area (Å²) in [5, 5.41) is 0.563. The average molecular weight is 279 g/mol. The SMILES string of the molecule is Nc1ncc(CN2CCOc3cccc(F)c3C2)s1. The van der Waals surface area contributed by atoms with Gasteiger partial charge in [0, 0.05) is 36.3 Å². The van der Waals surface area contributed by atoms with Gasteiger partial charge in [0.25, 0.3) is 0 Å². The van der Waals surface area contributed by atoms with E-state index in [1.54, 1.807) is 12.3 Å². The molecule has 6 heteroatoms. The minimum Gasteiger partial charge on any atom is -0.492 e. The summed E-state index contributed by atoms with van der Waals surface area (Å²) in [5.41, 5.74) is 6.24. The van der Waals surface area contributed by atoms with Gasteiger partial charge < -0.3 is 10.5 Å². The van der Waals surface area contributed by atoms with E-state index in [1.165, 1.54) is 17.4 Å². The van der Waals surface area contributed by atoms with Crippen molar-refractivity contribution in [2.45, 2.75) is 13.1 Å². The highest BCUT2D eigenvalue weighted by Crippen LogP contribution is 2.27. The number of aromatic nitrogens is 1. The van der Waals surface area contributed by atoms with E-state index in [1.807, 2.05) is 6.07 Å². The zero-order valence-corrected chi connectivity index (χ0v) is 11.1. The van der Waals surface area contributed by atoms with Gasteiger partial charge in [-0.05, 0) is 12.1 Å². The predicted molar refractivity (Wildman–Crippen MR) is 72.5 cm³/mol. The highest BCUT2D eigenvalue weighted by Gasteiger charge is 2.19. The number of nitrogen functional groups attached to an aromatic ring is 1. The number of hydrogen-bond donors (Lipinski definition) is 1. The molecule has 0 fully saturated rings. The van der Waals surface area contributed by atoms with Crippen LogP contribution < -0.4 is 10.5 Å². The van der Waals surface area contributed by atoms with E-state index in [4.69, 9.17) is 10.5 Å². The van der Waals surface area contributed by atoms with Gasteiger partial charge in [0.15, 0.2) is 5.13 Å². The van der Waals surface area contributed by atoms with Crippen molar-refractivity contribution in [1.29, 1.82) is 0 Å². The Morgan fingerprint density at radius 3 is 3.16 bits per heavy atom. The molecule has 1 aromatic carbocycles. The Hall–Kier alpha value is -1.66. The summed E-state index contributed by atoms with van der Waals surface area (Å²) < 4.78 is 19.4. The van der Waals surface area contributed by atoms with Crippen molar-refractivity contribution < 1.29 is 9.13 Å². The van der Waals surface area contributed by atoms with E-state index in [2.05, 4.69) is 9.88 Å². The van der Waals surface area contributed by atoms with Crippen LogP contribution in [0.15, 0.2) is 24.4 Å². The number of nitrogens with zero attached hydrogens (tertiary/aromatic N) is 2. The van der Waals surface area contributed by atoms with E-state index >= 15 is 0 Å². The third-order valence-corrected chi connectivity index (χ3v) is 3.88. The quantitative estimate of drug-likeness (QED) is 0.916. The molecule has 0 saturated heterocycles. The van der Waals surface area contributed by atoms with E-state index in [0.29, 0.717) is 36.1 Å². The van der Waals surface area contributed by atoms with Gasteiger partial charge >= 0.3 is 0 Å². The third kappa shape index (κ3) is 2.69. The molecule has 0 spiro atoms. The molecule has 0 saturated carbocycles. The van der Waals surface area contributed by atoms with Gasteiger partial charge in [-0.15, -0.1) is 11.3 Å². The van der Waals surface area contributed by atoms with E-state index in [0.717, 1.165) is 11.4 Å². The van der Waals surface area contributed by atoms with Crippen LogP contribution in [0.1, 0.15) is 10.4 Å². The standard InChI is InChI=1S/C13H14FN3OS/c14-11-2-1-3-12-10(11)8-17(4-5-18-12)7-9-6-16-13(15)19-9/h1-3,6H,4-5,7-8H2,(H2,15,16). The first-order chi connectivity index (χ1) is 9.22.